The summed E-state index contributed by atoms with van der Waals surface area (Å²) < 4.78 is 0. The molecule has 2 heterocycles. The number of hydrogen-bond acceptors (Lipinski definition) is 5. The smallest absolute Gasteiger partial charge is 0.324 e. The number of nitro groups is 1. The van der Waals surface area contributed by atoms with Gasteiger partial charge in [-0.3, -0.25) is 10.1 Å². The molecule has 14 heavy (non-hydrogen) atoms. The third-order valence-corrected chi connectivity index (χ3v) is 3.79. The number of thiophene rings is 2. The number of rotatable bonds is 2. The summed E-state index contributed by atoms with van der Waals surface area (Å²) in [6.07, 6.45) is 0. The molecule has 2 rings (SSSR count). The van der Waals surface area contributed by atoms with E-state index < -0.39 is 0 Å². The van der Waals surface area contributed by atoms with Crippen LogP contribution in [0.5, 0.6) is 0 Å². The van der Waals surface area contributed by atoms with Gasteiger partial charge in [0.25, 0.3) is 0 Å². The number of nitrogen functional groups attached to an aromatic ring is 1. The largest absolute Gasteiger partial charge is 0.391 e. The summed E-state index contributed by atoms with van der Waals surface area (Å²) in [6, 6.07) is 6.92. The van der Waals surface area contributed by atoms with E-state index in [2.05, 4.69) is 0 Å². The molecule has 0 aliphatic heterocycles. The molecule has 4 nitrogen and oxygen atoms in total. The molecule has 0 atom stereocenters. The lowest BCUT2D eigenvalue weighted by atomic mass is 10.4. The third kappa shape index (κ3) is 1.61. The minimum absolute atomic E-state index is 0.159. The van der Waals surface area contributed by atoms with Gasteiger partial charge in [-0.05, 0) is 18.2 Å². The van der Waals surface area contributed by atoms with E-state index in [1.807, 2.05) is 6.07 Å². The first-order valence-corrected chi connectivity index (χ1v) is 5.40. The molecule has 0 saturated heterocycles. The maximum Gasteiger partial charge on any atom is 0.324 e. The molecule has 0 spiro atoms. The molecule has 0 bridgehead atoms. The molecule has 0 fully saturated rings. The van der Waals surface area contributed by atoms with Crippen LogP contribution < -0.4 is 5.73 Å². The number of hydrogen-bond donors (Lipinski definition) is 1. The topological polar surface area (TPSA) is 69.2 Å². The van der Waals surface area contributed by atoms with Crippen LogP contribution in [0.3, 0.4) is 0 Å². The Kier molecular flexibility index (Phi) is 2.22. The summed E-state index contributed by atoms with van der Waals surface area (Å²) in [5.41, 5.74) is 5.57. The average molecular weight is 226 g/mol. The van der Waals surface area contributed by atoms with E-state index in [9.17, 15) is 10.1 Å². The van der Waals surface area contributed by atoms with E-state index in [0.29, 0.717) is 0 Å². The van der Waals surface area contributed by atoms with Gasteiger partial charge < -0.3 is 5.73 Å². The van der Waals surface area contributed by atoms with Crippen LogP contribution in [0, 0.1) is 10.1 Å². The molecule has 0 aromatic carbocycles. The molecule has 72 valence electrons. The zero-order valence-corrected chi connectivity index (χ0v) is 8.60. The molecular weight excluding hydrogens is 220 g/mol. The Balaban J connectivity index is 2.38. The highest BCUT2D eigenvalue weighted by atomic mass is 32.1. The van der Waals surface area contributed by atoms with Gasteiger partial charge in [0.1, 0.15) is 0 Å². The monoisotopic (exact) mass is 226 g/mol. The van der Waals surface area contributed by atoms with Crippen LogP contribution in [0.25, 0.3) is 9.75 Å². The fourth-order valence-corrected chi connectivity index (χ4v) is 2.73. The van der Waals surface area contributed by atoms with Crippen molar-refractivity contribution in [2.45, 2.75) is 0 Å². The number of nitrogens with two attached hydrogens (primary N) is 1. The van der Waals surface area contributed by atoms with Gasteiger partial charge in [-0.2, -0.15) is 0 Å². The van der Waals surface area contributed by atoms with Crippen molar-refractivity contribution in [3.63, 3.8) is 0 Å². The van der Waals surface area contributed by atoms with E-state index in [0.717, 1.165) is 26.1 Å². The standard InChI is InChI=1S/C8H6N2O2S2/c9-7-3-1-5(13-7)6-2-4-8(14-6)10(11)12/h1-4H,9H2. The van der Waals surface area contributed by atoms with Gasteiger partial charge in [0, 0.05) is 10.9 Å². The van der Waals surface area contributed by atoms with Crippen LogP contribution >= 0.6 is 22.7 Å². The van der Waals surface area contributed by atoms with E-state index in [-0.39, 0.29) is 9.92 Å². The van der Waals surface area contributed by atoms with Crippen molar-refractivity contribution < 1.29 is 4.92 Å². The Morgan fingerprint density at radius 1 is 1.14 bits per heavy atom. The number of nitrogens with zero attached hydrogens (tertiary/aromatic N) is 1. The minimum Gasteiger partial charge on any atom is -0.391 e. The van der Waals surface area contributed by atoms with Crippen molar-refractivity contribution in [3.8, 4) is 9.75 Å². The van der Waals surface area contributed by atoms with Crippen molar-refractivity contribution in [2.24, 2.45) is 0 Å². The molecule has 2 N–H and O–H groups in total. The lowest BCUT2D eigenvalue weighted by Gasteiger charge is -1.86. The maximum absolute atomic E-state index is 10.4. The first-order chi connectivity index (χ1) is 6.66. The Bertz CT molecular complexity index is 475. The van der Waals surface area contributed by atoms with Crippen LogP contribution in [0.15, 0.2) is 24.3 Å². The van der Waals surface area contributed by atoms with Crippen LogP contribution in [0.2, 0.25) is 0 Å². The molecule has 0 amide bonds. The van der Waals surface area contributed by atoms with Crippen LogP contribution in [0.4, 0.5) is 10.0 Å². The summed E-state index contributed by atoms with van der Waals surface area (Å²) in [5, 5.41) is 11.3. The average Bonchev–Trinajstić information content (AvgIpc) is 2.70. The van der Waals surface area contributed by atoms with Crippen LogP contribution in [0.1, 0.15) is 0 Å². The van der Waals surface area contributed by atoms with Gasteiger partial charge >= 0.3 is 5.00 Å². The highest BCUT2D eigenvalue weighted by Crippen LogP contribution is 2.37. The van der Waals surface area contributed by atoms with E-state index in [4.69, 9.17) is 5.73 Å². The summed E-state index contributed by atoms with van der Waals surface area (Å²) >= 11 is 2.59. The van der Waals surface area contributed by atoms with Crippen LogP contribution in [-0.2, 0) is 0 Å². The second-order valence-corrected chi connectivity index (χ2v) is 4.77. The molecule has 6 heteroatoms. The van der Waals surface area contributed by atoms with Gasteiger partial charge in [-0.25, -0.2) is 0 Å². The Morgan fingerprint density at radius 3 is 2.29 bits per heavy atom. The second kappa shape index (κ2) is 3.39. The van der Waals surface area contributed by atoms with Crippen molar-refractivity contribution in [3.05, 3.63) is 34.4 Å². The van der Waals surface area contributed by atoms with Gasteiger partial charge in [0.2, 0.25) is 0 Å². The maximum atomic E-state index is 10.4. The summed E-state index contributed by atoms with van der Waals surface area (Å²) in [7, 11) is 0. The van der Waals surface area contributed by atoms with Gasteiger partial charge in [0.05, 0.1) is 14.8 Å². The van der Waals surface area contributed by atoms with E-state index >= 15 is 0 Å². The lowest BCUT2D eigenvalue weighted by Crippen LogP contribution is -1.80. The third-order valence-electron chi connectivity index (χ3n) is 1.64. The van der Waals surface area contributed by atoms with Crippen molar-refractivity contribution in [1.82, 2.24) is 0 Å². The normalized spacial score (nSPS) is 10.3. The molecule has 0 saturated carbocycles. The molecule has 2 aromatic rings. The highest BCUT2D eigenvalue weighted by Gasteiger charge is 2.11. The quantitative estimate of drug-likeness (QED) is 0.632. The minimum atomic E-state index is -0.384. The fraction of sp³-hybridized carbons (Fsp3) is 0. The van der Waals surface area contributed by atoms with Gasteiger partial charge in [-0.1, -0.05) is 11.3 Å². The van der Waals surface area contributed by atoms with E-state index in [1.54, 1.807) is 12.1 Å². The Labute approximate surface area is 87.8 Å². The zero-order valence-electron chi connectivity index (χ0n) is 6.97. The number of anilines is 1. The van der Waals surface area contributed by atoms with Crippen molar-refractivity contribution in [1.29, 1.82) is 0 Å². The fourth-order valence-electron chi connectivity index (χ4n) is 1.04. The van der Waals surface area contributed by atoms with E-state index in [1.165, 1.54) is 17.4 Å². The predicted molar refractivity (Wildman–Crippen MR) is 58.7 cm³/mol. The van der Waals surface area contributed by atoms with Gasteiger partial charge in [-0.15, -0.1) is 11.3 Å². The summed E-state index contributed by atoms with van der Waals surface area (Å²) in [6.45, 7) is 0. The molecule has 0 aliphatic carbocycles. The SMILES string of the molecule is Nc1ccc(-c2ccc([N+](=O)[O-])s2)s1. The molecule has 2 aromatic heterocycles. The lowest BCUT2D eigenvalue weighted by molar-refractivity contribution is -0.380. The molecule has 0 aliphatic rings. The first-order valence-electron chi connectivity index (χ1n) is 3.77. The molecular formula is C8H6N2O2S2. The van der Waals surface area contributed by atoms with Crippen molar-refractivity contribution >= 4 is 32.7 Å². The summed E-state index contributed by atoms with van der Waals surface area (Å²) in [5.74, 6) is 0. The Hall–Kier alpha value is -1.40. The highest BCUT2D eigenvalue weighted by molar-refractivity contribution is 7.25. The molecule has 0 unspecified atom stereocenters. The van der Waals surface area contributed by atoms with Crippen LogP contribution in [-0.4, -0.2) is 4.92 Å². The zero-order chi connectivity index (χ0) is 10.1. The first kappa shape index (κ1) is 9.17. The summed E-state index contributed by atoms with van der Waals surface area (Å²) in [4.78, 5) is 11.9. The molecule has 0 radical (unpaired) electrons. The predicted octanol–water partition coefficient (Wildman–Crippen LogP) is 2.97. The van der Waals surface area contributed by atoms with Gasteiger partial charge in [0.15, 0.2) is 0 Å². The van der Waals surface area contributed by atoms with Crippen molar-refractivity contribution in [2.75, 3.05) is 5.73 Å². The second-order valence-electron chi connectivity index (χ2n) is 2.60. The Morgan fingerprint density at radius 2 is 1.79 bits per heavy atom.